The van der Waals surface area contributed by atoms with Crippen LogP contribution in [-0.4, -0.2) is 49.3 Å². The summed E-state index contributed by atoms with van der Waals surface area (Å²) in [7, 11) is 0. The van der Waals surface area contributed by atoms with Gasteiger partial charge in [-0.2, -0.15) is 11.8 Å². The van der Waals surface area contributed by atoms with E-state index in [1.165, 1.54) is 11.9 Å². The van der Waals surface area contributed by atoms with Gasteiger partial charge in [0.25, 0.3) is 0 Å². The average Bonchev–Trinajstić information content (AvgIpc) is 3.27. The highest BCUT2D eigenvalue weighted by Gasteiger charge is 2.35. The van der Waals surface area contributed by atoms with Gasteiger partial charge < -0.3 is 25.3 Å². The van der Waals surface area contributed by atoms with Crippen molar-refractivity contribution in [3.05, 3.63) is 54.0 Å². The number of nitrogens with two attached hydrogens (primary N) is 1. The molecule has 0 saturated carbocycles. The van der Waals surface area contributed by atoms with Crippen LogP contribution in [0.4, 0.5) is 5.82 Å². The molecule has 1 aromatic carbocycles. The minimum atomic E-state index is -0.698. The van der Waals surface area contributed by atoms with Crippen LogP contribution in [0, 0.1) is 0 Å². The molecule has 148 valence electrons. The van der Waals surface area contributed by atoms with Gasteiger partial charge in [-0.05, 0) is 23.3 Å². The Hall–Kier alpha value is -2.13. The molecule has 1 aliphatic heterocycles. The van der Waals surface area contributed by atoms with Gasteiger partial charge in [0.1, 0.15) is 30.1 Å². The fourth-order valence-corrected chi connectivity index (χ4v) is 4.53. The van der Waals surface area contributed by atoms with E-state index in [0.717, 1.165) is 28.9 Å². The molecule has 4 rings (SSSR count). The zero-order chi connectivity index (χ0) is 19.5. The highest BCUT2D eigenvalue weighted by atomic mass is 32.2. The van der Waals surface area contributed by atoms with Gasteiger partial charge in [0.05, 0.1) is 18.1 Å². The zero-order valence-corrected chi connectivity index (χ0v) is 16.3. The van der Waals surface area contributed by atoms with E-state index in [-0.39, 0.29) is 12.8 Å². The van der Waals surface area contributed by atoms with Gasteiger partial charge in [0.2, 0.25) is 0 Å². The summed E-state index contributed by atoms with van der Waals surface area (Å²) in [5.41, 5.74) is 9.22. The predicted octanol–water partition coefficient (Wildman–Crippen LogP) is 2.13. The number of benzene rings is 1. The Balaban J connectivity index is 1.52. The van der Waals surface area contributed by atoms with Crippen molar-refractivity contribution in [1.82, 2.24) is 14.5 Å². The Kier molecular flexibility index (Phi) is 5.82. The SMILES string of the molecule is Nc1ncnc2c1c(CCSCc1ccccc1)cn2[C@H]1C[C@H](O)[C@@H](CO)O1. The quantitative estimate of drug-likeness (QED) is 0.522. The minimum absolute atomic E-state index is 0.211. The van der Waals surface area contributed by atoms with Gasteiger partial charge in [-0.15, -0.1) is 0 Å². The van der Waals surface area contributed by atoms with Crippen molar-refractivity contribution >= 4 is 28.6 Å². The Morgan fingerprint density at radius 3 is 2.82 bits per heavy atom. The van der Waals surface area contributed by atoms with Crippen LogP contribution >= 0.6 is 11.8 Å². The maximum absolute atomic E-state index is 10.1. The number of anilines is 1. The van der Waals surface area contributed by atoms with Crippen LogP contribution in [0.25, 0.3) is 11.0 Å². The van der Waals surface area contributed by atoms with Gasteiger partial charge in [0.15, 0.2) is 0 Å². The summed E-state index contributed by atoms with van der Waals surface area (Å²) in [6.07, 6.45) is 3.02. The molecular weight excluding hydrogens is 376 g/mol. The zero-order valence-electron chi connectivity index (χ0n) is 15.4. The first-order valence-corrected chi connectivity index (χ1v) is 10.5. The van der Waals surface area contributed by atoms with Gasteiger partial charge in [0, 0.05) is 18.4 Å². The van der Waals surface area contributed by atoms with E-state index < -0.39 is 12.2 Å². The van der Waals surface area contributed by atoms with Crippen LogP contribution in [0.2, 0.25) is 0 Å². The van der Waals surface area contributed by atoms with Gasteiger partial charge in [-0.1, -0.05) is 30.3 Å². The molecule has 0 aliphatic carbocycles. The van der Waals surface area contributed by atoms with E-state index in [9.17, 15) is 10.2 Å². The molecule has 1 saturated heterocycles. The number of hydrogen-bond acceptors (Lipinski definition) is 7. The third-order valence-corrected chi connectivity index (χ3v) is 6.07. The van der Waals surface area contributed by atoms with Crippen molar-refractivity contribution in [3.8, 4) is 0 Å². The first-order chi connectivity index (χ1) is 13.7. The first-order valence-electron chi connectivity index (χ1n) is 9.33. The second-order valence-electron chi connectivity index (χ2n) is 6.92. The second-order valence-corrected chi connectivity index (χ2v) is 8.03. The Morgan fingerprint density at radius 2 is 2.07 bits per heavy atom. The maximum Gasteiger partial charge on any atom is 0.147 e. The topological polar surface area (TPSA) is 106 Å². The lowest BCUT2D eigenvalue weighted by Gasteiger charge is -2.14. The highest BCUT2D eigenvalue weighted by Crippen LogP contribution is 2.34. The van der Waals surface area contributed by atoms with E-state index in [0.29, 0.717) is 17.9 Å². The Bertz CT molecular complexity index is 934. The number of aliphatic hydroxyl groups excluding tert-OH is 2. The number of rotatable bonds is 7. The first kappa shape index (κ1) is 19.2. The van der Waals surface area contributed by atoms with Gasteiger partial charge in [-0.3, -0.25) is 0 Å². The van der Waals surface area contributed by atoms with Crippen LogP contribution in [0.5, 0.6) is 0 Å². The molecule has 0 radical (unpaired) electrons. The standard InChI is InChI=1S/C20H24N4O3S/c21-19-18-14(6-7-28-11-13-4-2-1-3-5-13)9-24(20(18)23-12-22-19)17-8-15(26)16(10-25)27-17/h1-5,9,12,15-17,25-26H,6-8,10-11H2,(H2,21,22,23)/t15-,16+,17+/m0/s1. The van der Waals surface area contributed by atoms with E-state index >= 15 is 0 Å². The van der Waals surface area contributed by atoms with Crippen LogP contribution in [0.15, 0.2) is 42.9 Å². The number of aromatic nitrogens is 3. The molecule has 0 spiro atoms. The predicted molar refractivity (Wildman–Crippen MR) is 110 cm³/mol. The smallest absolute Gasteiger partial charge is 0.147 e. The number of nitrogen functional groups attached to an aromatic ring is 1. The summed E-state index contributed by atoms with van der Waals surface area (Å²) in [6, 6.07) is 10.4. The van der Waals surface area contributed by atoms with E-state index in [1.54, 1.807) is 0 Å². The third-order valence-electron chi connectivity index (χ3n) is 5.04. The Labute approximate surface area is 167 Å². The number of hydrogen-bond donors (Lipinski definition) is 3. The molecule has 1 fully saturated rings. The lowest BCUT2D eigenvalue weighted by atomic mass is 10.2. The summed E-state index contributed by atoms with van der Waals surface area (Å²) in [5, 5.41) is 20.3. The van der Waals surface area contributed by atoms with E-state index in [4.69, 9.17) is 10.5 Å². The molecule has 4 N–H and O–H groups in total. The molecule has 0 unspecified atom stereocenters. The molecule has 28 heavy (non-hydrogen) atoms. The summed E-state index contributed by atoms with van der Waals surface area (Å²) < 4.78 is 7.72. The van der Waals surface area contributed by atoms with Crippen molar-refractivity contribution in [3.63, 3.8) is 0 Å². The van der Waals surface area contributed by atoms with E-state index in [1.807, 2.05) is 28.6 Å². The van der Waals surface area contributed by atoms with Gasteiger partial charge >= 0.3 is 0 Å². The van der Waals surface area contributed by atoms with Crippen molar-refractivity contribution in [2.75, 3.05) is 18.1 Å². The highest BCUT2D eigenvalue weighted by molar-refractivity contribution is 7.98. The number of ether oxygens (including phenoxy) is 1. The largest absolute Gasteiger partial charge is 0.394 e. The summed E-state index contributed by atoms with van der Waals surface area (Å²) >= 11 is 1.87. The fraction of sp³-hybridized carbons (Fsp3) is 0.400. The van der Waals surface area contributed by atoms with Crippen molar-refractivity contribution in [2.45, 2.75) is 37.0 Å². The molecule has 1 aliphatic rings. The molecule has 0 amide bonds. The number of nitrogens with zero attached hydrogens (tertiary/aromatic N) is 3. The summed E-state index contributed by atoms with van der Waals surface area (Å²) in [5.74, 6) is 2.35. The Morgan fingerprint density at radius 1 is 1.25 bits per heavy atom. The van der Waals surface area contributed by atoms with Crippen molar-refractivity contribution in [2.24, 2.45) is 0 Å². The molecule has 8 heteroatoms. The maximum atomic E-state index is 10.1. The molecule has 7 nitrogen and oxygen atoms in total. The molecular formula is C20H24N4O3S. The summed E-state index contributed by atoms with van der Waals surface area (Å²) in [6.45, 7) is -0.211. The van der Waals surface area contributed by atoms with Crippen LogP contribution in [0.3, 0.4) is 0 Å². The summed E-state index contributed by atoms with van der Waals surface area (Å²) in [4.78, 5) is 8.55. The lowest BCUT2D eigenvalue weighted by molar-refractivity contribution is -0.0430. The monoisotopic (exact) mass is 400 g/mol. The number of fused-ring (bicyclic) bond motifs is 1. The lowest BCUT2D eigenvalue weighted by Crippen LogP contribution is -2.24. The van der Waals surface area contributed by atoms with Crippen LogP contribution < -0.4 is 5.73 Å². The third kappa shape index (κ3) is 3.86. The number of thioether (sulfide) groups is 1. The molecule has 2 aromatic heterocycles. The second kappa shape index (κ2) is 8.48. The molecule has 3 atom stereocenters. The number of aliphatic hydroxyl groups is 2. The molecule has 3 aromatic rings. The van der Waals surface area contributed by atoms with Crippen molar-refractivity contribution in [1.29, 1.82) is 0 Å². The number of aryl methyl sites for hydroxylation is 1. The van der Waals surface area contributed by atoms with Crippen molar-refractivity contribution < 1.29 is 14.9 Å². The molecule has 3 heterocycles. The van der Waals surface area contributed by atoms with Gasteiger partial charge in [-0.25, -0.2) is 9.97 Å². The van der Waals surface area contributed by atoms with E-state index in [2.05, 4.69) is 34.2 Å². The normalized spacial score (nSPS) is 22.1. The molecule has 0 bridgehead atoms. The fourth-order valence-electron chi connectivity index (χ4n) is 3.59. The van der Waals surface area contributed by atoms with Crippen LogP contribution in [-0.2, 0) is 16.9 Å². The van der Waals surface area contributed by atoms with Crippen LogP contribution in [0.1, 0.15) is 23.8 Å². The average molecular weight is 401 g/mol. The minimum Gasteiger partial charge on any atom is -0.394 e.